The standard InChI is InChI=1S/C25H19ClN4OS/c26-21-10-6-18(7-11-21)16-31-22-12-8-20(9-13-22)23-14-15-27-24-28-25(29-30(23)24)32-17-19-4-2-1-3-5-19/h1-15H,16-17H2. The number of aromatic nitrogens is 4. The van der Waals surface area contributed by atoms with Gasteiger partial charge in [0.15, 0.2) is 0 Å². The molecule has 0 saturated heterocycles. The molecule has 5 nitrogen and oxygen atoms in total. The Labute approximate surface area is 195 Å². The highest BCUT2D eigenvalue weighted by molar-refractivity contribution is 7.98. The third-order valence-electron chi connectivity index (χ3n) is 4.90. The summed E-state index contributed by atoms with van der Waals surface area (Å²) < 4.78 is 7.68. The smallest absolute Gasteiger partial charge is 0.253 e. The van der Waals surface area contributed by atoms with Crippen LogP contribution in [0.4, 0.5) is 0 Å². The molecule has 5 rings (SSSR count). The molecule has 2 aromatic heterocycles. The summed E-state index contributed by atoms with van der Waals surface area (Å²) in [7, 11) is 0. The topological polar surface area (TPSA) is 52.3 Å². The Balaban J connectivity index is 1.31. The largest absolute Gasteiger partial charge is 0.489 e. The van der Waals surface area contributed by atoms with E-state index in [1.54, 1.807) is 22.5 Å². The van der Waals surface area contributed by atoms with Crippen molar-refractivity contribution in [2.24, 2.45) is 0 Å². The zero-order valence-electron chi connectivity index (χ0n) is 17.1. The molecule has 3 aromatic carbocycles. The maximum Gasteiger partial charge on any atom is 0.253 e. The minimum absolute atomic E-state index is 0.487. The Bertz CT molecular complexity index is 1320. The predicted octanol–water partition coefficient (Wildman–Crippen LogP) is 6.32. The molecule has 0 N–H and O–H groups in total. The van der Waals surface area contributed by atoms with Crippen LogP contribution < -0.4 is 4.74 Å². The summed E-state index contributed by atoms with van der Waals surface area (Å²) in [5, 5.41) is 6.10. The van der Waals surface area contributed by atoms with Crippen LogP contribution >= 0.6 is 23.4 Å². The number of thioether (sulfide) groups is 1. The number of nitrogens with zero attached hydrogens (tertiary/aromatic N) is 4. The van der Waals surface area contributed by atoms with Crippen molar-refractivity contribution in [2.45, 2.75) is 17.5 Å². The first-order valence-corrected chi connectivity index (χ1v) is 11.5. The van der Waals surface area contributed by atoms with E-state index in [2.05, 4.69) is 27.2 Å². The van der Waals surface area contributed by atoms with Crippen LogP contribution in [0.25, 0.3) is 17.0 Å². The summed E-state index contributed by atoms with van der Waals surface area (Å²) in [6.45, 7) is 0.487. The molecule has 0 atom stereocenters. The molecule has 32 heavy (non-hydrogen) atoms. The first-order chi connectivity index (χ1) is 15.7. The van der Waals surface area contributed by atoms with Gasteiger partial charge >= 0.3 is 0 Å². The molecule has 0 amide bonds. The maximum atomic E-state index is 5.93. The van der Waals surface area contributed by atoms with Crippen LogP contribution in [0.5, 0.6) is 5.75 Å². The van der Waals surface area contributed by atoms with Crippen molar-refractivity contribution >= 4 is 29.1 Å². The molecule has 0 aliphatic heterocycles. The van der Waals surface area contributed by atoms with E-state index in [4.69, 9.17) is 16.3 Å². The van der Waals surface area contributed by atoms with Crippen LogP contribution in [-0.4, -0.2) is 19.6 Å². The molecule has 0 fully saturated rings. The zero-order chi connectivity index (χ0) is 21.8. The van der Waals surface area contributed by atoms with Crippen LogP contribution in [0.2, 0.25) is 5.02 Å². The second-order valence-corrected chi connectivity index (χ2v) is 8.53. The molecular formula is C25H19ClN4OS. The van der Waals surface area contributed by atoms with Gasteiger partial charge in [-0.2, -0.15) is 9.50 Å². The van der Waals surface area contributed by atoms with Gasteiger partial charge in [0.2, 0.25) is 5.16 Å². The first kappa shape index (κ1) is 20.5. The molecule has 0 radical (unpaired) electrons. The lowest BCUT2D eigenvalue weighted by Crippen LogP contribution is -1.97. The summed E-state index contributed by atoms with van der Waals surface area (Å²) in [5.41, 5.74) is 4.25. The summed E-state index contributed by atoms with van der Waals surface area (Å²) in [4.78, 5) is 8.94. The molecule has 0 spiro atoms. The highest BCUT2D eigenvalue weighted by Gasteiger charge is 2.11. The number of halogens is 1. The molecule has 7 heteroatoms. The Morgan fingerprint density at radius 3 is 2.41 bits per heavy atom. The van der Waals surface area contributed by atoms with Gasteiger partial charge in [0.25, 0.3) is 5.78 Å². The Morgan fingerprint density at radius 2 is 1.62 bits per heavy atom. The lowest BCUT2D eigenvalue weighted by molar-refractivity contribution is 0.306. The monoisotopic (exact) mass is 458 g/mol. The van der Waals surface area contributed by atoms with Crippen molar-refractivity contribution in [1.82, 2.24) is 19.6 Å². The van der Waals surface area contributed by atoms with E-state index in [0.717, 1.165) is 33.3 Å². The van der Waals surface area contributed by atoms with Crippen molar-refractivity contribution in [2.75, 3.05) is 0 Å². The Kier molecular flexibility index (Phi) is 6.05. The van der Waals surface area contributed by atoms with Crippen molar-refractivity contribution in [3.05, 3.63) is 107 Å². The molecule has 0 unspecified atom stereocenters. The van der Waals surface area contributed by atoms with Gasteiger partial charge in [0, 0.05) is 22.5 Å². The van der Waals surface area contributed by atoms with Crippen molar-refractivity contribution in [3.63, 3.8) is 0 Å². The van der Waals surface area contributed by atoms with Crippen LogP contribution in [-0.2, 0) is 12.4 Å². The lowest BCUT2D eigenvalue weighted by atomic mass is 10.1. The molecule has 0 aliphatic carbocycles. The average molecular weight is 459 g/mol. The van der Waals surface area contributed by atoms with E-state index < -0.39 is 0 Å². The van der Waals surface area contributed by atoms with Crippen molar-refractivity contribution in [3.8, 4) is 17.0 Å². The second-order valence-electron chi connectivity index (χ2n) is 7.15. The van der Waals surface area contributed by atoms with E-state index >= 15 is 0 Å². The maximum absolute atomic E-state index is 5.93. The highest BCUT2D eigenvalue weighted by atomic mass is 35.5. The van der Waals surface area contributed by atoms with Gasteiger partial charge < -0.3 is 4.74 Å². The van der Waals surface area contributed by atoms with Crippen molar-refractivity contribution in [1.29, 1.82) is 0 Å². The zero-order valence-corrected chi connectivity index (χ0v) is 18.6. The Morgan fingerprint density at radius 1 is 0.844 bits per heavy atom. The van der Waals surface area contributed by atoms with Gasteiger partial charge in [-0.25, -0.2) is 4.98 Å². The highest BCUT2D eigenvalue weighted by Crippen LogP contribution is 2.25. The van der Waals surface area contributed by atoms with Gasteiger partial charge in [0.05, 0.1) is 5.69 Å². The molecular weight excluding hydrogens is 440 g/mol. The summed E-state index contributed by atoms with van der Waals surface area (Å²) in [6, 6.07) is 27.8. The fourth-order valence-electron chi connectivity index (χ4n) is 3.25. The van der Waals surface area contributed by atoms with Gasteiger partial charge in [-0.3, -0.25) is 0 Å². The van der Waals surface area contributed by atoms with Crippen LogP contribution in [0.15, 0.2) is 96.3 Å². The molecule has 5 aromatic rings. The first-order valence-electron chi connectivity index (χ1n) is 10.1. The SMILES string of the molecule is Clc1ccc(COc2ccc(-c3ccnc4nc(SCc5ccccc5)nn34)cc2)cc1. The third kappa shape index (κ3) is 4.77. The molecule has 0 saturated carbocycles. The van der Waals surface area contributed by atoms with E-state index in [-0.39, 0.29) is 0 Å². The number of fused-ring (bicyclic) bond motifs is 1. The van der Waals surface area contributed by atoms with E-state index in [1.165, 1.54) is 5.56 Å². The summed E-state index contributed by atoms with van der Waals surface area (Å²) >= 11 is 7.53. The molecule has 2 heterocycles. The number of hydrogen-bond acceptors (Lipinski definition) is 5. The fourth-order valence-corrected chi connectivity index (χ4v) is 4.15. The van der Waals surface area contributed by atoms with E-state index in [0.29, 0.717) is 17.5 Å². The molecule has 0 bridgehead atoms. The van der Waals surface area contributed by atoms with E-state index in [9.17, 15) is 0 Å². The van der Waals surface area contributed by atoms with Gasteiger partial charge in [-0.1, -0.05) is 65.8 Å². The van der Waals surface area contributed by atoms with Gasteiger partial charge in [0.1, 0.15) is 12.4 Å². The number of hydrogen-bond donors (Lipinski definition) is 0. The van der Waals surface area contributed by atoms with Crippen LogP contribution in [0.3, 0.4) is 0 Å². The summed E-state index contributed by atoms with van der Waals surface area (Å²) in [6.07, 6.45) is 1.76. The number of benzene rings is 3. The fraction of sp³-hybridized carbons (Fsp3) is 0.0800. The Hall–Kier alpha value is -3.35. The quantitative estimate of drug-likeness (QED) is 0.267. The van der Waals surface area contributed by atoms with Gasteiger partial charge in [-0.05, 0) is 53.6 Å². The average Bonchev–Trinajstić information content (AvgIpc) is 3.27. The second kappa shape index (κ2) is 9.42. The van der Waals surface area contributed by atoms with Crippen LogP contribution in [0.1, 0.15) is 11.1 Å². The van der Waals surface area contributed by atoms with Gasteiger partial charge in [-0.15, -0.1) is 5.10 Å². The normalized spacial score (nSPS) is 11.0. The summed E-state index contributed by atoms with van der Waals surface area (Å²) in [5.74, 6) is 2.19. The number of rotatable bonds is 7. The van der Waals surface area contributed by atoms with Crippen molar-refractivity contribution < 1.29 is 4.74 Å². The minimum Gasteiger partial charge on any atom is -0.489 e. The minimum atomic E-state index is 0.487. The third-order valence-corrected chi connectivity index (χ3v) is 6.06. The molecule has 158 valence electrons. The van der Waals surface area contributed by atoms with E-state index in [1.807, 2.05) is 72.8 Å². The lowest BCUT2D eigenvalue weighted by Gasteiger charge is -2.08. The molecule has 0 aliphatic rings. The number of ether oxygens (including phenoxy) is 1. The predicted molar refractivity (Wildman–Crippen MR) is 128 cm³/mol. The van der Waals surface area contributed by atoms with Crippen LogP contribution in [0, 0.1) is 0 Å².